The molecule has 2 amide bonds. The molecule has 0 aliphatic rings. The maximum atomic E-state index is 13.3. The average molecular weight is 511 g/mol. The molecule has 0 aromatic carbocycles. The van der Waals surface area contributed by atoms with Gasteiger partial charge in [0.1, 0.15) is 12.8 Å². The minimum absolute atomic E-state index is 0.0505. The summed E-state index contributed by atoms with van der Waals surface area (Å²) < 4.78 is 45.7. The van der Waals surface area contributed by atoms with Crippen LogP contribution >= 0.6 is 0 Å². The summed E-state index contributed by atoms with van der Waals surface area (Å²) in [6.45, 7) is 9.61. The molecule has 0 aromatic heterocycles. The molecule has 0 bridgehead atoms. The zero-order valence-electron chi connectivity index (χ0n) is 21.8. The maximum Gasteiger partial charge on any atom is 0.246 e. The van der Waals surface area contributed by atoms with Crippen molar-refractivity contribution in [2.75, 3.05) is 85.8 Å². The number of hydrogen-bond acceptors (Lipinski definition) is 8. The molecule has 2 N–H and O–H groups in total. The van der Waals surface area contributed by atoms with Crippen molar-refractivity contribution >= 4 is 11.8 Å². The van der Waals surface area contributed by atoms with Crippen LogP contribution in [-0.2, 0) is 38.0 Å². The van der Waals surface area contributed by atoms with Crippen molar-refractivity contribution in [3.05, 3.63) is 0 Å². The van der Waals surface area contributed by atoms with Crippen LogP contribution in [0.5, 0.6) is 0 Å². The van der Waals surface area contributed by atoms with E-state index < -0.39 is 6.17 Å². The first-order valence-electron chi connectivity index (χ1n) is 12.6. The van der Waals surface area contributed by atoms with E-state index in [2.05, 4.69) is 24.5 Å². The van der Waals surface area contributed by atoms with E-state index in [1.54, 1.807) is 0 Å². The predicted octanol–water partition coefficient (Wildman–Crippen LogP) is 1.65. The minimum Gasteiger partial charge on any atom is -0.377 e. The van der Waals surface area contributed by atoms with Gasteiger partial charge in [-0.05, 0) is 12.8 Å². The van der Waals surface area contributed by atoms with Gasteiger partial charge < -0.3 is 39.1 Å². The lowest BCUT2D eigenvalue weighted by Crippen LogP contribution is -2.32. The van der Waals surface area contributed by atoms with Gasteiger partial charge in [0.25, 0.3) is 0 Å². The third-order valence-corrected chi connectivity index (χ3v) is 4.60. The normalized spacial score (nSPS) is 12.1. The van der Waals surface area contributed by atoms with Crippen LogP contribution in [0.4, 0.5) is 4.39 Å². The molecule has 208 valence electrons. The number of hydrogen-bond donors (Lipinski definition) is 2. The van der Waals surface area contributed by atoms with Crippen LogP contribution < -0.4 is 10.6 Å². The van der Waals surface area contributed by atoms with Crippen LogP contribution in [0.1, 0.15) is 46.5 Å². The van der Waals surface area contributed by atoms with Crippen molar-refractivity contribution in [1.29, 1.82) is 0 Å². The quantitative estimate of drug-likeness (QED) is 0.169. The molecule has 0 aliphatic carbocycles. The third kappa shape index (κ3) is 25.5. The van der Waals surface area contributed by atoms with Crippen molar-refractivity contribution in [2.45, 2.75) is 58.7 Å². The van der Waals surface area contributed by atoms with Gasteiger partial charge in [-0.15, -0.1) is 0 Å². The monoisotopic (exact) mass is 510 g/mol. The van der Waals surface area contributed by atoms with Crippen LogP contribution in [0.15, 0.2) is 0 Å². The molecule has 0 aromatic rings. The van der Waals surface area contributed by atoms with Crippen LogP contribution in [-0.4, -0.2) is 110 Å². The Hall–Kier alpha value is -1.37. The Balaban J connectivity index is 3.29. The molecule has 1 atom stereocenters. The molecule has 0 aliphatic heterocycles. The van der Waals surface area contributed by atoms with Crippen LogP contribution in [0.3, 0.4) is 0 Å². The summed E-state index contributed by atoms with van der Waals surface area (Å²) in [4.78, 5) is 22.5. The second-order valence-corrected chi connectivity index (χ2v) is 7.92. The highest BCUT2D eigenvalue weighted by Crippen LogP contribution is 2.08. The summed E-state index contributed by atoms with van der Waals surface area (Å²) in [5.41, 5.74) is 0. The Labute approximate surface area is 209 Å². The molecule has 0 fully saturated rings. The van der Waals surface area contributed by atoms with E-state index in [-0.39, 0.29) is 44.3 Å². The van der Waals surface area contributed by atoms with Gasteiger partial charge in [-0.2, -0.15) is 0 Å². The topological polar surface area (TPSA) is 114 Å². The first kappa shape index (κ1) is 33.6. The first-order chi connectivity index (χ1) is 17.0. The number of halogens is 1. The van der Waals surface area contributed by atoms with E-state index in [0.717, 1.165) is 25.7 Å². The standard InChI is InChI=1S/C24H47FN2O8/c1-4-6-23(7-5-2)35-20-24(29)26-8-9-30-10-11-31-12-13-32-14-15-33-16-17-34-19-22(25)18-27-21(3)28/h22-23H,4-20H2,1-3H3,(H,26,29)(H,27,28). The molecule has 0 rings (SSSR count). The van der Waals surface area contributed by atoms with Crippen molar-refractivity contribution in [3.63, 3.8) is 0 Å². The van der Waals surface area contributed by atoms with Gasteiger partial charge >= 0.3 is 0 Å². The molecule has 0 radical (unpaired) electrons. The summed E-state index contributed by atoms with van der Waals surface area (Å²) in [6, 6.07) is 0. The lowest BCUT2D eigenvalue weighted by atomic mass is 10.1. The summed E-state index contributed by atoms with van der Waals surface area (Å²) in [5.74, 6) is -0.389. The van der Waals surface area contributed by atoms with Gasteiger partial charge in [-0.3, -0.25) is 9.59 Å². The van der Waals surface area contributed by atoms with E-state index in [0.29, 0.717) is 59.4 Å². The number of amides is 2. The smallest absolute Gasteiger partial charge is 0.246 e. The van der Waals surface area contributed by atoms with E-state index in [4.69, 9.17) is 28.4 Å². The van der Waals surface area contributed by atoms with Crippen LogP contribution in [0, 0.1) is 0 Å². The second-order valence-electron chi connectivity index (χ2n) is 7.92. The third-order valence-electron chi connectivity index (χ3n) is 4.60. The Morgan fingerprint density at radius 1 is 0.743 bits per heavy atom. The molecule has 0 heterocycles. The summed E-state index contributed by atoms with van der Waals surface area (Å²) in [7, 11) is 0. The number of nitrogens with one attached hydrogen (secondary N) is 2. The van der Waals surface area contributed by atoms with Crippen LogP contribution in [0.2, 0.25) is 0 Å². The maximum absolute atomic E-state index is 13.3. The number of carbonyl (C=O) groups is 2. The number of alkyl halides is 1. The molecule has 35 heavy (non-hydrogen) atoms. The predicted molar refractivity (Wildman–Crippen MR) is 130 cm³/mol. The summed E-state index contributed by atoms with van der Waals surface area (Å²) in [5, 5.41) is 5.17. The molecule has 0 saturated heterocycles. The van der Waals surface area contributed by atoms with Gasteiger partial charge in [0, 0.05) is 13.5 Å². The van der Waals surface area contributed by atoms with Crippen molar-refractivity contribution in [1.82, 2.24) is 10.6 Å². The highest BCUT2D eigenvalue weighted by atomic mass is 19.1. The second kappa shape index (κ2) is 25.7. The summed E-state index contributed by atoms with van der Waals surface area (Å²) >= 11 is 0. The molecule has 11 heteroatoms. The fourth-order valence-electron chi connectivity index (χ4n) is 2.87. The fraction of sp³-hybridized carbons (Fsp3) is 0.917. The molecule has 10 nitrogen and oxygen atoms in total. The van der Waals surface area contributed by atoms with Gasteiger partial charge in [0.2, 0.25) is 11.8 Å². The van der Waals surface area contributed by atoms with E-state index in [1.165, 1.54) is 6.92 Å². The van der Waals surface area contributed by atoms with Gasteiger partial charge in [-0.25, -0.2) is 4.39 Å². The highest BCUT2D eigenvalue weighted by Gasteiger charge is 2.10. The van der Waals surface area contributed by atoms with Gasteiger partial charge in [0.15, 0.2) is 0 Å². The fourth-order valence-corrected chi connectivity index (χ4v) is 2.87. The molecule has 0 spiro atoms. The van der Waals surface area contributed by atoms with Crippen LogP contribution in [0.25, 0.3) is 0 Å². The Morgan fingerprint density at radius 3 is 1.71 bits per heavy atom. The van der Waals surface area contributed by atoms with Gasteiger partial charge in [0.05, 0.1) is 78.7 Å². The Morgan fingerprint density at radius 2 is 1.23 bits per heavy atom. The van der Waals surface area contributed by atoms with Crippen molar-refractivity contribution < 1.29 is 42.4 Å². The molecular weight excluding hydrogens is 463 g/mol. The molecule has 0 saturated carbocycles. The largest absolute Gasteiger partial charge is 0.377 e. The zero-order chi connectivity index (χ0) is 26.0. The Kier molecular flexibility index (Phi) is 24.7. The SMILES string of the molecule is CCCC(CCC)OCC(=O)NCCOCCOCCOCCOCCOCC(F)CNC(C)=O. The number of ether oxygens (including phenoxy) is 6. The van der Waals surface area contributed by atoms with Crippen molar-refractivity contribution in [3.8, 4) is 0 Å². The van der Waals surface area contributed by atoms with Gasteiger partial charge in [-0.1, -0.05) is 26.7 Å². The Bertz CT molecular complexity index is 496. The average Bonchev–Trinajstić information content (AvgIpc) is 2.83. The molecule has 1 unspecified atom stereocenters. The molecular formula is C24H47FN2O8. The lowest BCUT2D eigenvalue weighted by Gasteiger charge is -2.16. The van der Waals surface area contributed by atoms with E-state index >= 15 is 0 Å². The first-order valence-corrected chi connectivity index (χ1v) is 12.6. The lowest BCUT2D eigenvalue weighted by molar-refractivity contribution is -0.128. The highest BCUT2D eigenvalue weighted by molar-refractivity contribution is 5.77. The zero-order valence-corrected chi connectivity index (χ0v) is 21.8. The van der Waals surface area contributed by atoms with E-state index in [1.807, 2.05) is 0 Å². The number of carbonyl (C=O) groups excluding carboxylic acids is 2. The number of rotatable bonds is 26. The minimum atomic E-state index is -1.23. The summed E-state index contributed by atoms with van der Waals surface area (Å²) in [6.07, 6.45) is 2.98. The van der Waals surface area contributed by atoms with Crippen molar-refractivity contribution in [2.24, 2.45) is 0 Å². The van der Waals surface area contributed by atoms with E-state index in [9.17, 15) is 14.0 Å².